The molecule has 5 nitrogen and oxygen atoms in total. The number of rotatable bonds is 6. The Balaban J connectivity index is 1.54. The zero-order valence-electron chi connectivity index (χ0n) is 15.9. The second-order valence-electron chi connectivity index (χ2n) is 6.38. The summed E-state index contributed by atoms with van der Waals surface area (Å²) in [5, 5.41) is 12.3. The normalized spacial score (nSPS) is 10.4. The van der Waals surface area contributed by atoms with Crippen LogP contribution in [0.15, 0.2) is 94.6 Å². The lowest BCUT2D eigenvalue weighted by atomic mass is 10.1. The SMILES string of the molecule is N#Cc1ccccc1NC(=O)CSc1nc(-c2ccccc2)c(-c2ccccc2)o1. The molecule has 0 atom stereocenters. The third-order valence-electron chi connectivity index (χ3n) is 4.34. The molecule has 1 aromatic heterocycles. The van der Waals surface area contributed by atoms with Crippen molar-refractivity contribution in [3.05, 3.63) is 90.5 Å². The first kappa shape index (κ1) is 19.5. The lowest BCUT2D eigenvalue weighted by molar-refractivity contribution is -0.113. The van der Waals surface area contributed by atoms with Crippen LogP contribution in [0.2, 0.25) is 0 Å². The van der Waals surface area contributed by atoms with Crippen molar-refractivity contribution in [1.82, 2.24) is 4.98 Å². The summed E-state index contributed by atoms with van der Waals surface area (Å²) in [4.78, 5) is 17.0. The van der Waals surface area contributed by atoms with Crippen LogP contribution in [0.4, 0.5) is 5.69 Å². The van der Waals surface area contributed by atoms with Crippen LogP contribution in [0.25, 0.3) is 22.6 Å². The highest BCUT2D eigenvalue weighted by molar-refractivity contribution is 7.99. The molecule has 3 aromatic carbocycles. The van der Waals surface area contributed by atoms with Crippen molar-refractivity contribution in [3.8, 4) is 28.7 Å². The molecule has 30 heavy (non-hydrogen) atoms. The van der Waals surface area contributed by atoms with Gasteiger partial charge in [-0.25, -0.2) is 4.98 Å². The monoisotopic (exact) mass is 411 g/mol. The number of nitrogens with zero attached hydrogens (tertiary/aromatic N) is 2. The van der Waals surface area contributed by atoms with Gasteiger partial charge in [-0.2, -0.15) is 5.26 Å². The van der Waals surface area contributed by atoms with Crippen molar-refractivity contribution in [2.45, 2.75) is 5.22 Å². The molecule has 1 heterocycles. The molecule has 1 amide bonds. The van der Waals surface area contributed by atoms with E-state index in [0.717, 1.165) is 16.8 Å². The standard InChI is InChI=1S/C24H17N3O2S/c25-15-19-13-7-8-14-20(19)26-21(28)16-30-24-27-22(17-9-3-1-4-10-17)23(29-24)18-11-5-2-6-12-18/h1-14H,16H2,(H,26,28). The van der Waals surface area contributed by atoms with Crippen molar-refractivity contribution >= 4 is 23.4 Å². The van der Waals surface area contributed by atoms with Gasteiger partial charge in [0.05, 0.1) is 17.0 Å². The van der Waals surface area contributed by atoms with E-state index in [1.165, 1.54) is 11.8 Å². The lowest BCUT2D eigenvalue weighted by Crippen LogP contribution is -2.14. The molecule has 0 saturated carbocycles. The summed E-state index contributed by atoms with van der Waals surface area (Å²) in [5.74, 6) is 0.547. The molecule has 0 aliphatic rings. The summed E-state index contributed by atoms with van der Waals surface area (Å²) < 4.78 is 6.02. The topological polar surface area (TPSA) is 78.9 Å². The van der Waals surface area contributed by atoms with Gasteiger partial charge in [-0.05, 0) is 12.1 Å². The predicted octanol–water partition coefficient (Wildman–Crippen LogP) is 5.61. The molecule has 0 aliphatic carbocycles. The first-order valence-corrected chi connectivity index (χ1v) is 10.3. The highest BCUT2D eigenvalue weighted by atomic mass is 32.2. The molecular formula is C24H17N3O2S. The zero-order valence-corrected chi connectivity index (χ0v) is 16.7. The molecule has 0 fully saturated rings. The van der Waals surface area contributed by atoms with Gasteiger partial charge >= 0.3 is 0 Å². The minimum Gasteiger partial charge on any atom is -0.431 e. The summed E-state index contributed by atoms with van der Waals surface area (Å²) in [6, 6.07) is 28.5. The number of nitriles is 1. The van der Waals surface area contributed by atoms with Gasteiger partial charge in [0.15, 0.2) is 5.76 Å². The Morgan fingerprint density at radius 1 is 0.933 bits per heavy atom. The minimum atomic E-state index is -0.233. The van der Waals surface area contributed by atoms with E-state index >= 15 is 0 Å². The van der Waals surface area contributed by atoms with Gasteiger partial charge in [0.25, 0.3) is 5.22 Å². The van der Waals surface area contributed by atoms with Crippen LogP contribution in [0.3, 0.4) is 0 Å². The van der Waals surface area contributed by atoms with E-state index in [4.69, 9.17) is 9.68 Å². The van der Waals surface area contributed by atoms with Gasteiger partial charge in [-0.1, -0.05) is 84.6 Å². The number of para-hydroxylation sites is 1. The fourth-order valence-corrected chi connectivity index (χ4v) is 3.57. The van der Waals surface area contributed by atoms with E-state index in [9.17, 15) is 4.79 Å². The Morgan fingerprint density at radius 2 is 1.57 bits per heavy atom. The second-order valence-corrected chi connectivity index (χ2v) is 7.31. The first-order valence-electron chi connectivity index (χ1n) is 9.28. The van der Waals surface area contributed by atoms with E-state index in [1.807, 2.05) is 60.7 Å². The number of hydrogen-bond acceptors (Lipinski definition) is 5. The zero-order chi connectivity index (χ0) is 20.8. The Labute approximate surface area is 178 Å². The summed E-state index contributed by atoms with van der Waals surface area (Å²) in [6.45, 7) is 0. The van der Waals surface area contributed by atoms with Crippen LogP contribution in [-0.4, -0.2) is 16.6 Å². The molecule has 1 N–H and O–H groups in total. The maximum atomic E-state index is 12.4. The Kier molecular flexibility index (Phi) is 5.93. The number of oxazole rings is 1. The number of carbonyl (C=O) groups excluding carboxylic acids is 1. The van der Waals surface area contributed by atoms with Crippen LogP contribution in [0, 0.1) is 11.3 Å². The molecule has 0 unspecified atom stereocenters. The predicted molar refractivity (Wildman–Crippen MR) is 118 cm³/mol. The van der Waals surface area contributed by atoms with E-state index in [-0.39, 0.29) is 11.7 Å². The van der Waals surface area contributed by atoms with E-state index in [2.05, 4.69) is 16.4 Å². The van der Waals surface area contributed by atoms with Crippen molar-refractivity contribution in [2.24, 2.45) is 0 Å². The van der Waals surface area contributed by atoms with Crippen molar-refractivity contribution in [3.63, 3.8) is 0 Å². The van der Waals surface area contributed by atoms with Crippen LogP contribution in [0.1, 0.15) is 5.56 Å². The highest BCUT2D eigenvalue weighted by Gasteiger charge is 2.18. The number of aromatic nitrogens is 1. The van der Waals surface area contributed by atoms with Gasteiger partial charge in [-0.15, -0.1) is 0 Å². The molecule has 4 aromatic rings. The van der Waals surface area contributed by atoms with Crippen molar-refractivity contribution in [2.75, 3.05) is 11.1 Å². The lowest BCUT2D eigenvalue weighted by Gasteiger charge is -2.05. The molecule has 0 radical (unpaired) electrons. The molecule has 6 heteroatoms. The maximum absolute atomic E-state index is 12.4. The number of benzene rings is 3. The smallest absolute Gasteiger partial charge is 0.257 e. The summed E-state index contributed by atoms with van der Waals surface area (Å²) in [5.41, 5.74) is 3.51. The first-order chi connectivity index (χ1) is 14.7. The van der Waals surface area contributed by atoms with Gasteiger partial charge in [-0.3, -0.25) is 4.79 Å². The maximum Gasteiger partial charge on any atom is 0.257 e. The molecular weight excluding hydrogens is 394 g/mol. The molecule has 146 valence electrons. The van der Waals surface area contributed by atoms with E-state index in [0.29, 0.717) is 22.2 Å². The van der Waals surface area contributed by atoms with Gasteiger partial charge < -0.3 is 9.73 Å². The third kappa shape index (κ3) is 4.43. The molecule has 0 aliphatic heterocycles. The number of amides is 1. The van der Waals surface area contributed by atoms with Gasteiger partial charge in [0, 0.05) is 11.1 Å². The Bertz CT molecular complexity index is 1140. The summed E-state index contributed by atoms with van der Waals surface area (Å²) >= 11 is 1.21. The van der Waals surface area contributed by atoms with Crippen LogP contribution >= 0.6 is 11.8 Å². The minimum absolute atomic E-state index is 0.114. The third-order valence-corrected chi connectivity index (χ3v) is 5.17. The number of hydrogen-bond donors (Lipinski definition) is 1. The second kappa shape index (κ2) is 9.12. The van der Waals surface area contributed by atoms with Crippen LogP contribution in [0.5, 0.6) is 0 Å². The van der Waals surface area contributed by atoms with E-state index in [1.54, 1.807) is 24.3 Å². The molecule has 4 rings (SSSR count). The van der Waals surface area contributed by atoms with Crippen LogP contribution < -0.4 is 5.32 Å². The quantitative estimate of drug-likeness (QED) is 0.417. The van der Waals surface area contributed by atoms with Crippen LogP contribution in [-0.2, 0) is 4.79 Å². The van der Waals surface area contributed by atoms with Crippen molar-refractivity contribution < 1.29 is 9.21 Å². The summed E-state index contributed by atoms with van der Waals surface area (Å²) in [7, 11) is 0. The average molecular weight is 411 g/mol. The molecule has 0 bridgehead atoms. The fraction of sp³-hybridized carbons (Fsp3) is 0.0417. The fourth-order valence-electron chi connectivity index (χ4n) is 2.94. The number of thioether (sulfide) groups is 1. The van der Waals surface area contributed by atoms with Crippen molar-refractivity contribution in [1.29, 1.82) is 5.26 Å². The highest BCUT2D eigenvalue weighted by Crippen LogP contribution is 2.35. The number of carbonyl (C=O) groups is 1. The largest absolute Gasteiger partial charge is 0.431 e. The van der Waals surface area contributed by atoms with Gasteiger partial charge in [0.2, 0.25) is 5.91 Å². The Morgan fingerprint density at radius 3 is 2.27 bits per heavy atom. The number of nitrogens with one attached hydrogen (secondary N) is 1. The average Bonchev–Trinajstić information content (AvgIpc) is 3.24. The van der Waals surface area contributed by atoms with E-state index < -0.39 is 0 Å². The molecule has 0 saturated heterocycles. The summed E-state index contributed by atoms with van der Waals surface area (Å²) in [6.07, 6.45) is 0. The number of anilines is 1. The Hall–Kier alpha value is -3.82. The van der Waals surface area contributed by atoms with Gasteiger partial charge in [0.1, 0.15) is 11.8 Å². The molecule has 0 spiro atoms.